The number of sulfonamides is 1. The van der Waals surface area contributed by atoms with Gasteiger partial charge in [-0.25, -0.2) is 13.2 Å². The summed E-state index contributed by atoms with van der Waals surface area (Å²) in [6, 6.07) is 18.1. The van der Waals surface area contributed by atoms with E-state index in [0.717, 1.165) is 12.1 Å². The fourth-order valence-electron chi connectivity index (χ4n) is 2.53. The topological polar surface area (TPSA) is 113 Å². The lowest BCUT2D eigenvalue weighted by Crippen LogP contribution is -2.17. The Balaban J connectivity index is 1.77. The number of carbonyl (C=O) groups is 2. The van der Waals surface area contributed by atoms with E-state index in [4.69, 9.17) is 11.6 Å². The molecule has 3 rings (SSSR count). The van der Waals surface area contributed by atoms with Gasteiger partial charge in [0.2, 0.25) is 0 Å². The number of aromatic carboxylic acids is 1. The first kappa shape index (κ1) is 20.4. The number of nitrogens with one attached hydrogen (secondary N) is 2. The van der Waals surface area contributed by atoms with Crippen LogP contribution in [0.2, 0.25) is 5.02 Å². The molecule has 1 amide bonds. The van der Waals surface area contributed by atoms with Crippen molar-refractivity contribution in [3.05, 3.63) is 88.9 Å². The Morgan fingerprint density at radius 3 is 2.10 bits per heavy atom. The molecule has 0 unspecified atom stereocenters. The molecular weight excluding hydrogens is 416 g/mol. The van der Waals surface area contributed by atoms with Crippen LogP contribution >= 0.6 is 11.6 Å². The molecule has 29 heavy (non-hydrogen) atoms. The van der Waals surface area contributed by atoms with Gasteiger partial charge in [-0.1, -0.05) is 29.8 Å². The van der Waals surface area contributed by atoms with Crippen molar-refractivity contribution in [3.8, 4) is 0 Å². The van der Waals surface area contributed by atoms with E-state index >= 15 is 0 Å². The molecule has 0 saturated heterocycles. The first-order valence-electron chi connectivity index (χ1n) is 8.28. The molecule has 0 aliphatic heterocycles. The van der Waals surface area contributed by atoms with Gasteiger partial charge in [0.1, 0.15) is 4.90 Å². The van der Waals surface area contributed by atoms with E-state index in [1.54, 1.807) is 30.3 Å². The maximum atomic E-state index is 12.6. The second-order valence-electron chi connectivity index (χ2n) is 5.95. The third-order valence-corrected chi connectivity index (χ3v) is 5.57. The smallest absolute Gasteiger partial charge is 0.337 e. The monoisotopic (exact) mass is 430 g/mol. The molecule has 148 valence electrons. The number of halogens is 1. The summed E-state index contributed by atoms with van der Waals surface area (Å²) in [4.78, 5) is 23.1. The predicted octanol–water partition coefficient (Wildman–Crippen LogP) is 4.09. The molecule has 9 heteroatoms. The highest BCUT2D eigenvalue weighted by Crippen LogP contribution is 2.24. The first-order chi connectivity index (χ1) is 13.8. The van der Waals surface area contributed by atoms with Gasteiger partial charge in [0.15, 0.2) is 0 Å². The van der Waals surface area contributed by atoms with Crippen molar-refractivity contribution in [1.29, 1.82) is 0 Å². The van der Waals surface area contributed by atoms with Crippen molar-refractivity contribution in [2.45, 2.75) is 4.90 Å². The zero-order chi connectivity index (χ0) is 21.0. The van der Waals surface area contributed by atoms with Gasteiger partial charge in [-0.2, -0.15) is 0 Å². The van der Waals surface area contributed by atoms with Crippen LogP contribution in [0.4, 0.5) is 11.4 Å². The van der Waals surface area contributed by atoms with E-state index in [1.165, 1.54) is 30.3 Å². The number of carboxylic acid groups (broad SMARTS) is 1. The van der Waals surface area contributed by atoms with Crippen LogP contribution in [0, 0.1) is 0 Å². The molecule has 0 spiro atoms. The van der Waals surface area contributed by atoms with Gasteiger partial charge < -0.3 is 10.4 Å². The molecule has 0 aromatic heterocycles. The minimum absolute atomic E-state index is 0.111. The zero-order valence-electron chi connectivity index (χ0n) is 14.8. The molecule has 3 aromatic carbocycles. The Labute approximate surface area is 172 Å². The van der Waals surface area contributed by atoms with Gasteiger partial charge in [0, 0.05) is 22.0 Å². The third-order valence-electron chi connectivity index (χ3n) is 3.89. The molecule has 0 aliphatic carbocycles. The van der Waals surface area contributed by atoms with Crippen molar-refractivity contribution in [3.63, 3.8) is 0 Å². The van der Waals surface area contributed by atoms with E-state index in [2.05, 4.69) is 10.0 Å². The van der Waals surface area contributed by atoms with Crippen LogP contribution < -0.4 is 10.0 Å². The number of carboxylic acids is 1. The van der Waals surface area contributed by atoms with Gasteiger partial charge in [-0.05, 0) is 54.6 Å². The van der Waals surface area contributed by atoms with E-state index in [0.29, 0.717) is 11.3 Å². The molecule has 0 radical (unpaired) electrons. The van der Waals surface area contributed by atoms with Crippen molar-refractivity contribution in [2.75, 3.05) is 10.0 Å². The summed E-state index contributed by atoms with van der Waals surface area (Å²) in [6.07, 6.45) is 0. The largest absolute Gasteiger partial charge is 0.478 e. The van der Waals surface area contributed by atoms with Crippen LogP contribution in [0.3, 0.4) is 0 Å². The Morgan fingerprint density at radius 1 is 0.862 bits per heavy atom. The van der Waals surface area contributed by atoms with Gasteiger partial charge in [0.05, 0.1) is 5.56 Å². The fourth-order valence-corrected chi connectivity index (χ4v) is 3.94. The summed E-state index contributed by atoms with van der Waals surface area (Å²) in [7, 11) is -4.16. The summed E-state index contributed by atoms with van der Waals surface area (Å²) < 4.78 is 27.5. The first-order valence-corrected chi connectivity index (χ1v) is 10.1. The standard InChI is InChI=1S/C20H15ClN2O5S/c21-14-6-11-18(17(12-14)20(25)26)29(27,28)23-16-9-7-15(8-10-16)22-19(24)13-4-2-1-3-5-13/h1-12,23H,(H,22,24)(H,25,26). The van der Waals surface area contributed by atoms with E-state index in [1.807, 2.05) is 0 Å². The number of carbonyl (C=O) groups excluding carboxylic acids is 1. The van der Waals surface area contributed by atoms with Crippen LogP contribution in [0.25, 0.3) is 0 Å². The second-order valence-corrected chi connectivity index (χ2v) is 8.04. The molecular formula is C20H15ClN2O5S. The van der Waals surface area contributed by atoms with Crippen molar-refractivity contribution in [2.24, 2.45) is 0 Å². The lowest BCUT2D eigenvalue weighted by molar-refractivity contribution is 0.0692. The molecule has 0 atom stereocenters. The van der Waals surface area contributed by atoms with E-state index in [-0.39, 0.29) is 16.6 Å². The van der Waals surface area contributed by atoms with Crippen LogP contribution in [-0.4, -0.2) is 25.4 Å². The minimum atomic E-state index is -4.16. The summed E-state index contributed by atoms with van der Waals surface area (Å²) in [5.74, 6) is -1.71. The number of benzene rings is 3. The lowest BCUT2D eigenvalue weighted by atomic mass is 10.2. The van der Waals surface area contributed by atoms with Crippen LogP contribution in [0.5, 0.6) is 0 Å². The average molecular weight is 431 g/mol. The third kappa shape index (κ3) is 4.92. The van der Waals surface area contributed by atoms with Gasteiger partial charge in [-0.15, -0.1) is 0 Å². The number of anilines is 2. The summed E-state index contributed by atoms with van der Waals surface area (Å²) in [5.41, 5.74) is 0.728. The molecule has 0 bridgehead atoms. The normalized spacial score (nSPS) is 10.9. The molecule has 0 aliphatic rings. The summed E-state index contributed by atoms with van der Waals surface area (Å²) >= 11 is 5.76. The average Bonchev–Trinajstić information content (AvgIpc) is 2.69. The van der Waals surface area contributed by atoms with Crippen molar-refractivity contribution < 1.29 is 23.1 Å². The van der Waals surface area contributed by atoms with Crippen LogP contribution in [0.1, 0.15) is 20.7 Å². The quantitative estimate of drug-likeness (QED) is 0.545. The Hall–Kier alpha value is -3.36. The number of hydrogen-bond donors (Lipinski definition) is 3. The highest BCUT2D eigenvalue weighted by atomic mass is 35.5. The molecule has 0 heterocycles. The van der Waals surface area contributed by atoms with Gasteiger partial charge in [-0.3, -0.25) is 9.52 Å². The molecule has 3 N–H and O–H groups in total. The summed E-state index contributed by atoms with van der Waals surface area (Å²) in [6.45, 7) is 0. The van der Waals surface area contributed by atoms with Crippen LogP contribution in [0.15, 0.2) is 77.7 Å². The maximum Gasteiger partial charge on any atom is 0.337 e. The Morgan fingerprint density at radius 2 is 1.48 bits per heavy atom. The number of rotatable bonds is 6. The molecule has 0 fully saturated rings. The zero-order valence-corrected chi connectivity index (χ0v) is 16.4. The van der Waals surface area contributed by atoms with E-state index in [9.17, 15) is 23.1 Å². The van der Waals surface area contributed by atoms with E-state index < -0.39 is 26.5 Å². The Bertz CT molecular complexity index is 1160. The lowest BCUT2D eigenvalue weighted by Gasteiger charge is -2.11. The second kappa shape index (κ2) is 8.34. The molecule has 0 saturated carbocycles. The number of hydrogen-bond acceptors (Lipinski definition) is 4. The predicted molar refractivity (Wildman–Crippen MR) is 110 cm³/mol. The maximum absolute atomic E-state index is 12.6. The highest BCUT2D eigenvalue weighted by molar-refractivity contribution is 7.92. The van der Waals surface area contributed by atoms with Gasteiger partial charge in [0.25, 0.3) is 15.9 Å². The summed E-state index contributed by atoms with van der Waals surface area (Å²) in [5, 5.41) is 12.1. The SMILES string of the molecule is O=C(Nc1ccc(NS(=O)(=O)c2ccc(Cl)cc2C(=O)O)cc1)c1ccccc1. The minimum Gasteiger partial charge on any atom is -0.478 e. The van der Waals surface area contributed by atoms with Crippen molar-refractivity contribution >= 4 is 44.9 Å². The van der Waals surface area contributed by atoms with Crippen molar-refractivity contribution in [1.82, 2.24) is 0 Å². The fraction of sp³-hybridized carbons (Fsp3) is 0. The Kier molecular flexibility index (Phi) is 5.86. The number of amides is 1. The molecule has 7 nitrogen and oxygen atoms in total. The molecule has 3 aromatic rings. The highest BCUT2D eigenvalue weighted by Gasteiger charge is 2.22. The van der Waals surface area contributed by atoms with Crippen LogP contribution in [-0.2, 0) is 10.0 Å². The van der Waals surface area contributed by atoms with Gasteiger partial charge >= 0.3 is 5.97 Å².